The van der Waals surface area contributed by atoms with Gasteiger partial charge in [-0.25, -0.2) is 0 Å². The SMILES string of the molecule is CCCc1cccc2c1NCCN2. The largest absolute Gasteiger partial charge is 0.382 e. The third kappa shape index (κ3) is 1.62. The lowest BCUT2D eigenvalue weighted by molar-refractivity contribution is 0.914. The zero-order chi connectivity index (χ0) is 9.10. The van der Waals surface area contributed by atoms with Gasteiger partial charge in [-0.1, -0.05) is 25.5 Å². The first-order valence-corrected chi connectivity index (χ1v) is 5.01. The highest BCUT2D eigenvalue weighted by Crippen LogP contribution is 2.28. The Hall–Kier alpha value is -1.18. The van der Waals surface area contributed by atoms with Crippen LogP contribution in [-0.2, 0) is 6.42 Å². The molecule has 70 valence electrons. The minimum atomic E-state index is 1.03. The molecule has 1 heterocycles. The molecule has 0 saturated carbocycles. The molecular weight excluding hydrogens is 160 g/mol. The Bertz CT molecular complexity index is 294. The quantitative estimate of drug-likeness (QED) is 0.723. The molecule has 0 aliphatic carbocycles. The minimum absolute atomic E-state index is 1.03. The van der Waals surface area contributed by atoms with E-state index in [1.54, 1.807) is 0 Å². The summed E-state index contributed by atoms with van der Waals surface area (Å²) < 4.78 is 0. The molecule has 0 amide bonds. The molecule has 0 bridgehead atoms. The monoisotopic (exact) mass is 176 g/mol. The van der Waals surface area contributed by atoms with Crippen molar-refractivity contribution < 1.29 is 0 Å². The van der Waals surface area contributed by atoms with E-state index in [0.717, 1.165) is 19.5 Å². The Balaban J connectivity index is 2.34. The van der Waals surface area contributed by atoms with E-state index in [1.165, 1.54) is 23.4 Å². The van der Waals surface area contributed by atoms with Crippen molar-refractivity contribution in [3.63, 3.8) is 0 Å². The average molecular weight is 176 g/mol. The van der Waals surface area contributed by atoms with Gasteiger partial charge in [-0.2, -0.15) is 0 Å². The summed E-state index contributed by atoms with van der Waals surface area (Å²) in [6.45, 7) is 4.28. The van der Waals surface area contributed by atoms with Crippen LogP contribution in [0.4, 0.5) is 11.4 Å². The fraction of sp³-hybridized carbons (Fsp3) is 0.455. The van der Waals surface area contributed by atoms with Crippen LogP contribution in [0.3, 0.4) is 0 Å². The summed E-state index contributed by atoms with van der Waals surface area (Å²) in [5.74, 6) is 0. The van der Waals surface area contributed by atoms with E-state index >= 15 is 0 Å². The van der Waals surface area contributed by atoms with E-state index < -0.39 is 0 Å². The second kappa shape index (κ2) is 3.69. The van der Waals surface area contributed by atoms with Crippen molar-refractivity contribution in [2.45, 2.75) is 19.8 Å². The summed E-state index contributed by atoms with van der Waals surface area (Å²) in [6, 6.07) is 6.48. The summed E-state index contributed by atoms with van der Waals surface area (Å²) in [7, 11) is 0. The van der Waals surface area contributed by atoms with Gasteiger partial charge in [-0.15, -0.1) is 0 Å². The van der Waals surface area contributed by atoms with Gasteiger partial charge in [0.2, 0.25) is 0 Å². The lowest BCUT2D eigenvalue weighted by atomic mass is 10.1. The van der Waals surface area contributed by atoms with Crippen LogP contribution in [0, 0.1) is 0 Å². The van der Waals surface area contributed by atoms with Crippen molar-refractivity contribution in [1.82, 2.24) is 0 Å². The standard InChI is InChI=1S/C11H16N2/c1-2-4-9-5-3-6-10-11(9)13-8-7-12-10/h3,5-6,12-13H,2,4,7-8H2,1H3. The molecule has 0 unspecified atom stereocenters. The van der Waals surface area contributed by atoms with E-state index in [-0.39, 0.29) is 0 Å². The third-order valence-electron chi connectivity index (χ3n) is 2.41. The summed E-state index contributed by atoms with van der Waals surface area (Å²) in [4.78, 5) is 0. The first-order valence-electron chi connectivity index (χ1n) is 5.01. The van der Waals surface area contributed by atoms with Gasteiger partial charge >= 0.3 is 0 Å². The number of hydrogen-bond donors (Lipinski definition) is 2. The molecule has 0 radical (unpaired) electrons. The number of anilines is 2. The molecule has 0 fully saturated rings. The number of fused-ring (bicyclic) bond motifs is 1. The second-order valence-corrected chi connectivity index (χ2v) is 3.44. The molecule has 13 heavy (non-hydrogen) atoms. The molecule has 2 rings (SSSR count). The molecule has 1 aliphatic heterocycles. The minimum Gasteiger partial charge on any atom is -0.382 e. The van der Waals surface area contributed by atoms with E-state index in [2.05, 4.69) is 35.8 Å². The van der Waals surface area contributed by atoms with Crippen LogP contribution in [0.15, 0.2) is 18.2 Å². The van der Waals surface area contributed by atoms with E-state index in [0.29, 0.717) is 0 Å². The average Bonchev–Trinajstić information content (AvgIpc) is 2.19. The van der Waals surface area contributed by atoms with Gasteiger partial charge in [0.15, 0.2) is 0 Å². The molecule has 1 aromatic carbocycles. The van der Waals surface area contributed by atoms with Gasteiger partial charge in [-0.3, -0.25) is 0 Å². The molecule has 0 aromatic heterocycles. The number of hydrogen-bond acceptors (Lipinski definition) is 2. The Morgan fingerprint density at radius 1 is 1.23 bits per heavy atom. The Kier molecular flexibility index (Phi) is 2.39. The summed E-state index contributed by atoms with van der Waals surface area (Å²) in [5.41, 5.74) is 4.01. The van der Waals surface area contributed by atoms with E-state index in [1.807, 2.05) is 0 Å². The lowest BCUT2D eigenvalue weighted by Gasteiger charge is -2.22. The topological polar surface area (TPSA) is 24.1 Å². The number of aryl methyl sites for hydroxylation is 1. The first kappa shape index (κ1) is 8.42. The van der Waals surface area contributed by atoms with Crippen LogP contribution in [0.25, 0.3) is 0 Å². The fourth-order valence-corrected chi connectivity index (χ4v) is 1.82. The van der Waals surface area contributed by atoms with E-state index in [4.69, 9.17) is 0 Å². The highest BCUT2D eigenvalue weighted by atomic mass is 15.0. The smallest absolute Gasteiger partial charge is 0.0609 e. The van der Waals surface area contributed by atoms with Crippen LogP contribution >= 0.6 is 0 Å². The fourth-order valence-electron chi connectivity index (χ4n) is 1.82. The van der Waals surface area contributed by atoms with Crippen molar-refractivity contribution in [3.8, 4) is 0 Å². The molecule has 0 spiro atoms. The lowest BCUT2D eigenvalue weighted by Crippen LogP contribution is -2.21. The van der Waals surface area contributed by atoms with Crippen molar-refractivity contribution >= 4 is 11.4 Å². The van der Waals surface area contributed by atoms with Crippen molar-refractivity contribution in [2.24, 2.45) is 0 Å². The molecular formula is C11H16N2. The number of nitrogens with one attached hydrogen (secondary N) is 2. The molecule has 1 aliphatic rings. The van der Waals surface area contributed by atoms with Gasteiger partial charge in [0.05, 0.1) is 11.4 Å². The molecule has 2 heteroatoms. The van der Waals surface area contributed by atoms with Crippen LogP contribution in [-0.4, -0.2) is 13.1 Å². The normalized spacial score (nSPS) is 14.2. The van der Waals surface area contributed by atoms with E-state index in [9.17, 15) is 0 Å². The highest BCUT2D eigenvalue weighted by molar-refractivity contribution is 5.74. The number of para-hydroxylation sites is 1. The first-order chi connectivity index (χ1) is 6.42. The maximum Gasteiger partial charge on any atom is 0.0609 e. The summed E-state index contributed by atoms with van der Waals surface area (Å²) in [5, 5.41) is 6.85. The van der Waals surface area contributed by atoms with Crippen LogP contribution in [0.5, 0.6) is 0 Å². The van der Waals surface area contributed by atoms with Gasteiger partial charge in [0.1, 0.15) is 0 Å². The summed E-state index contributed by atoms with van der Waals surface area (Å²) >= 11 is 0. The predicted octanol–water partition coefficient (Wildman–Crippen LogP) is 2.48. The number of benzene rings is 1. The maximum absolute atomic E-state index is 3.45. The Morgan fingerprint density at radius 2 is 2.08 bits per heavy atom. The van der Waals surface area contributed by atoms with Gasteiger partial charge in [-0.05, 0) is 18.1 Å². The second-order valence-electron chi connectivity index (χ2n) is 3.44. The molecule has 0 saturated heterocycles. The third-order valence-corrected chi connectivity index (χ3v) is 2.41. The molecule has 1 aromatic rings. The van der Waals surface area contributed by atoms with Gasteiger partial charge < -0.3 is 10.6 Å². The summed E-state index contributed by atoms with van der Waals surface area (Å²) in [6.07, 6.45) is 2.37. The molecule has 2 N–H and O–H groups in total. The Labute approximate surface area is 79.4 Å². The van der Waals surface area contributed by atoms with Crippen molar-refractivity contribution in [3.05, 3.63) is 23.8 Å². The van der Waals surface area contributed by atoms with Crippen molar-refractivity contribution in [1.29, 1.82) is 0 Å². The Morgan fingerprint density at radius 3 is 2.92 bits per heavy atom. The van der Waals surface area contributed by atoms with Gasteiger partial charge in [0.25, 0.3) is 0 Å². The van der Waals surface area contributed by atoms with Crippen LogP contribution in [0.1, 0.15) is 18.9 Å². The number of rotatable bonds is 2. The molecule has 0 atom stereocenters. The maximum atomic E-state index is 3.45. The van der Waals surface area contributed by atoms with Crippen molar-refractivity contribution in [2.75, 3.05) is 23.7 Å². The predicted molar refractivity (Wildman–Crippen MR) is 57.4 cm³/mol. The zero-order valence-corrected chi connectivity index (χ0v) is 8.06. The zero-order valence-electron chi connectivity index (χ0n) is 8.06. The van der Waals surface area contributed by atoms with Crippen LogP contribution in [0.2, 0.25) is 0 Å². The highest BCUT2D eigenvalue weighted by Gasteiger charge is 2.10. The van der Waals surface area contributed by atoms with Crippen LogP contribution < -0.4 is 10.6 Å². The van der Waals surface area contributed by atoms with Gasteiger partial charge in [0, 0.05) is 13.1 Å². The molecule has 2 nitrogen and oxygen atoms in total.